The van der Waals surface area contributed by atoms with Gasteiger partial charge in [-0.1, -0.05) is 0 Å². The summed E-state index contributed by atoms with van der Waals surface area (Å²) in [6.07, 6.45) is -1.21. The lowest BCUT2D eigenvalue weighted by atomic mass is 10.2. The molecule has 0 amide bonds. The molecule has 0 spiro atoms. The zero-order valence-electron chi connectivity index (χ0n) is 10.1. The smallest absolute Gasteiger partial charge is 0.398 e. The summed E-state index contributed by atoms with van der Waals surface area (Å²) in [6, 6.07) is 6.02. The Kier molecular flexibility index (Phi) is 3.75. The van der Waals surface area contributed by atoms with Crippen molar-refractivity contribution in [1.29, 1.82) is 0 Å². The van der Waals surface area contributed by atoms with E-state index in [1.807, 2.05) is 6.26 Å². The van der Waals surface area contributed by atoms with Crippen LogP contribution in [0, 0.1) is 0 Å². The van der Waals surface area contributed by atoms with Gasteiger partial charge in [-0.3, -0.25) is 0 Å². The Morgan fingerprint density at radius 2 is 2.05 bits per heavy atom. The largest absolute Gasteiger partial charge is 0.435 e. The topological polar surface area (TPSA) is 43.8 Å². The predicted octanol–water partition coefficient (Wildman–Crippen LogP) is 3.34. The third-order valence-corrected chi connectivity index (χ3v) is 3.17. The number of benzene rings is 1. The Labute approximate surface area is 112 Å². The van der Waals surface area contributed by atoms with Gasteiger partial charge in [0.1, 0.15) is 0 Å². The van der Waals surface area contributed by atoms with E-state index in [0.717, 1.165) is 11.6 Å². The van der Waals surface area contributed by atoms with Crippen LogP contribution < -0.4 is 5.73 Å². The van der Waals surface area contributed by atoms with E-state index in [9.17, 15) is 13.2 Å². The standard InChI is InChI=1S/C12H12F3N3S/c1-19-7-8-6-9(2-3-10(8)16)18-5-4-11(17-18)12(13,14)15/h2-6H,7,16H2,1H3. The van der Waals surface area contributed by atoms with Crippen molar-refractivity contribution in [3.8, 4) is 5.69 Å². The third-order valence-electron chi connectivity index (χ3n) is 2.57. The average Bonchev–Trinajstić information content (AvgIpc) is 2.81. The molecule has 2 rings (SSSR count). The third kappa shape index (κ3) is 3.04. The number of halogens is 3. The Morgan fingerprint density at radius 3 is 2.63 bits per heavy atom. The van der Waals surface area contributed by atoms with E-state index >= 15 is 0 Å². The Hall–Kier alpha value is -1.63. The maximum absolute atomic E-state index is 12.5. The van der Waals surface area contributed by atoms with Gasteiger partial charge in [-0.15, -0.1) is 0 Å². The Balaban J connectivity index is 2.36. The Bertz CT molecular complexity index is 578. The lowest BCUT2D eigenvalue weighted by Crippen LogP contribution is -2.07. The molecule has 2 aromatic rings. The van der Waals surface area contributed by atoms with Gasteiger partial charge < -0.3 is 5.73 Å². The van der Waals surface area contributed by atoms with Gasteiger partial charge in [-0.05, 0) is 36.1 Å². The summed E-state index contributed by atoms with van der Waals surface area (Å²) in [7, 11) is 0. The van der Waals surface area contributed by atoms with Crippen LogP contribution in [0.3, 0.4) is 0 Å². The molecule has 0 aliphatic carbocycles. The Morgan fingerprint density at radius 1 is 1.32 bits per heavy atom. The first-order chi connectivity index (χ1) is 8.91. The summed E-state index contributed by atoms with van der Waals surface area (Å²) in [4.78, 5) is 0. The molecule has 2 N–H and O–H groups in total. The zero-order valence-corrected chi connectivity index (χ0v) is 10.9. The quantitative estimate of drug-likeness (QED) is 0.881. The molecule has 1 aromatic heterocycles. The molecule has 0 atom stereocenters. The highest BCUT2D eigenvalue weighted by Crippen LogP contribution is 2.28. The van der Waals surface area contributed by atoms with Crippen molar-refractivity contribution in [3.05, 3.63) is 41.7 Å². The second kappa shape index (κ2) is 5.16. The number of nitrogens with two attached hydrogens (primary N) is 1. The van der Waals surface area contributed by atoms with Crippen LogP contribution in [-0.2, 0) is 11.9 Å². The first-order valence-corrected chi connectivity index (χ1v) is 6.82. The van der Waals surface area contributed by atoms with Crippen LogP contribution in [0.5, 0.6) is 0 Å². The number of hydrogen-bond acceptors (Lipinski definition) is 3. The van der Waals surface area contributed by atoms with Crippen molar-refractivity contribution in [2.75, 3.05) is 12.0 Å². The first-order valence-electron chi connectivity index (χ1n) is 5.42. The SMILES string of the molecule is CSCc1cc(-n2ccc(C(F)(F)F)n2)ccc1N. The summed E-state index contributed by atoms with van der Waals surface area (Å²) in [5.41, 5.74) is 6.97. The van der Waals surface area contributed by atoms with E-state index in [-0.39, 0.29) is 0 Å². The highest BCUT2D eigenvalue weighted by molar-refractivity contribution is 7.97. The van der Waals surface area contributed by atoms with Gasteiger partial charge in [-0.25, -0.2) is 4.68 Å². The number of alkyl halides is 3. The molecule has 7 heteroatoms. The number of nitrogens with zero attached hydrogens (tertiary/aromatic N) is 2. The number of thioether (sulfide) groups is 1. The summed E-state index contributed by atoms with van der Waals surface area (Å²) in [6.45, 7) is 0. The van der Waals surface area contributed by atoms with Gasteiger partial charge in [0, 0.05) is 17.6 Å². The second-order valence-electron chi connectivity index (χ2n) is 3.96. The average molecular weight is 287 g/mol. The van der Waals surface area contributed by atoms with E-state index < -0.39 is 11.9 Å². The van der Waals surface area contributed by atoms with Crippen molar-refractivity contribution in [2.24, 2.45) is 0 Å². The summed E-state index contributed by atoms with van der Waals surface area (Å²) >= 11 is 1.59. The molecule has 0 saturated carbocycles. The van der Waals surface area contributed by atoms with E-state index in [0.29, 0.717) is 17.1 Å². The van der Waals surface area contributed by atoms with Crippen LogP contribution in [0.25, 0.3) is 5.69 Å². The molecule has 3 nitrogen and oxygen atoms in total. The van der Waals surface area contributed by atoms with E-state index in [1.165, 1.54) is 10.9 Å². The number of nitrogen functional groups attached to an aromatic ring is 1. The zero-order chi connectivity index (χ0) is 14.0. The van der Waals surface area contributed by atoms with E-state index in [2.05, 4.69) is 5.10 Å². The highest BCUT2D eigenvalue weighted by atomic mass is 32.2. The van der Waals surface area contributed by atoms with Crippen LogP contribution in [-0.4, -0.2) is 16.0 Å². The van der Waals surface area contributed by atoms with Gasteiger partial charge in [0.2, 0.25) is 0 Å². The monoisotopic (exact) mass is 287 g/mol. The molecule has 19 heavy (non-hydrogen) atoms. The van der Waals surface area contributed by atoms with E-state index in [1.54, 1.807) is 30.0 Å². The fraction of sp³-hybridized carbons (Fsp3) is 0.250. The summed E-state index contributed by atoms with van der Waals surface area (Å²) < 4.78 is 38.6. The lowest BCUT2D eigenvalue weighted by molar-refractivity contribution is -0.141. The predicted molar refractivity (Wildman–Crippen MR) is 70.2 cm³/mol. The molecule has 0 radical (unpaired) electrons. The minimum Gasteiger partial charge on any atom is -0.398 e. The van der Waals surface area contributed by atoms with Crippen molar-refractivity contribution in [3.63, 3.8) is 0 Å². The molecule has 0 aliphatic rings. The summed E-state index contributed by atoms with van der Waals surface area (Å²) in [5, 5.41) is 3.53. The minimum absolute atomic E-state index is 0.564. The molecule has 0 aliphatic heterocycles. The van der Waals surface area contributed by atoms with Crippen molar-refractivity contribution < 1.29 is 13.2 Å². The lowest BCUT2D eigenvalue weighted by Gasteiger charge is -2.08. The molecule has 0 saturated heterocycles. The number of hydrogen-bond donors (Lipinski definition) is 1. The van der Waals surface area contributed by atoms with Gasteiger partial charge in [0.25, 0.3) is 0 Å². The van der Waals surface area contributed by atoms with Crippen molar-refractivity contribution in [1.82, 2.24) is 9.78 Å². The number of aromatic nitrogens is 2. The van der Waals surface area contributed by atoms with Crippen LogP contribution >= 0.6 is 11.8 Å². The molecule has 1 aromatic carbocycles. The molecule has 0 unspecified atom stereocenters. The van der Waals surface area contributed by atoms with Gasteiger partial charge >= 0.3 is 6.18 Å². The molecular formula is C12H12F3N3S. The fourth-order valence-electron chi connectivity index (χ4n) is 1.63. The van der Waals surface area contributed by atoms with Crippen LogP contribution in [0.2, 0.25) is 0 Å². The van der Waals surface area contributed by atoms with Crippen molar-refractivity contribution >= 4 is 17.4 Å². The molecule has 1 heterocycles. The van der Waals surface area contributed by atoms with Crippen molar-refractivity contribution in [2.45, 2.75) is 11.9 Å². The molecule has 0 bridgehead atoms. The van der Waals surface area contributed by atoms with Gasteiger partial charge in [0.15, 0.2) is 5.69 Å². The molecular weight excluding hydrogens is 275 g/mol. The van der Waals surface area contributed by atoms with E-state index in [4.69, 9.17) is 5.73 Å². The van der Waals surface area contributed by atoms with Crippen LogP contribution in [0.15, 0.2) is 30.5 Å². The normalized spacial score (nSPS) is 11.8. The number of rotatable bonds is 3. The minimum atomic E-state index is -4.43. The number of anilines is 1. The van der Waals surface area contributed by atoms with Gasteiger partial charge in [0.05, 0.1) is 5.69 Å². The van der Waals surface area contributed by atoms with Gasteiger partial charge in [-0.2, -0.15) is 30.0 Å². The summed E-state index contributed by atoms with van der Waals surface area (Å²) in [5.74, 6) is 0.701. The second-order valence-corrected chi connectivity index (χ2v) is 4.83. The van der Waals surface area contributed by atoms with Crippen LogP contribution in [0.4, 0.5) is 18.9 Å². The van der Waals surface area contributed by atoms with Crippen LogP contribution in [0.1, 0.15) is 11.3 Å². The fourth-order valence-corrected chi connectivity index (χ4v) is 2.20. The molecule has 102 valence electrons. The molecule has 0 fully saturated rings. The first kappa shape index (κ1) is 13.8. The highest BCUT2D eigenvalue weighted by Gasteiger charge is 2.33. The maximum Gasteiger partial charge on any atom is 0.435 e. The maximum atomic E-state index is 12.5.